The SMILES string of the molecule is Cc1ccc(-n2nc(C)c3c(C)cc(=O)n(Cc4ccc(Br)cc4F)c32)cc1. The van der Waals surface area contributed by atoms with Crippen LogP contribution in [0.2, 0.25) is 0 Å². The molecule has 0 amide bonds. The molecule has 0 unspecified atom stereocenters. The van der Waals surface area contributed by atoms with Gasteiger partial charge in [-0.3, -0.25) is 9.36 Å². The van der Waals surface area contributed by atoms with Gasteiger partial charge in [0.15, 0.2) is 0 Å². The lowest BCUT2D eigenvalue weighted by molar-refractivity contribution is 0.597. The zero-order chi connectivity index (χ0) is 20.0. The molecule has 4 aromatic rings. The number of aryl methyl sites for hydroxylation is 3. The molecule has 4 rings (SSSR count). The van der Waals surface area contributed by atoms with Crippen LogP contribution in [0.25, 0.3) is 16.7 Å². The monoisotopic (exact) mass is 439 g/mol. The van der Waals surface area contributed by atoms with Crippen molar-refractivity contribution in [3.05, 3.63) is 91.6 Å². The molecule has 0 aliphatic carbocycles. The van der Waals surface area contributed by atoms with E-state index in [4.69, 9.17) is 0 Å². The van der Waals surface area contributed by atoms with E-state index in [1.54, 1.807) is 27.4 Å². The summed E-state index contributed by atoms with van der Waals surface area (Å²) < 4.78 is 18.5. The van der Waals surface area contributed by atoms with Crippen molar-refractivity contribution in [3.63, 3.8) is 0 Å². The van der Waals surface area contributed by atoms with Crippen LogP contribution in [0.4, 0.5) is 4.39 Å². The van der Waals surface area contributed by atoms with E-state index in [0.29, 0.717) is 15.7 Å². The third-order valence-electron chi connectivity index (χ3n) is 4.91. The Labute approximate surface area is 170 Å². The van der Waals surface area contributed by atoms with Crippen molar-refractivity contribution in [2.75, 3.05) is 0 Å². The summed E-state index contributed by atoms with van der Waals surface area (Å²) in [5.74, 6) is -0.354. The van der Waals surface area contributed by atoms with Crippen LogP contribution in [0.1, 0.15) is 22.4 Å². The predicted molar refractivity (Wildman–Crippen MR) is 113 cm³/mol. The number of aromatic nitrogens is 3. The van der Waals surface area contributed by atoms with E-state index in [-0.39, 0.29) is 17.9 Å². The molecule has 142 valence electrons. The van der Waals surface area contributed by atoms with Gasteiger partial charge in [0.1, 0.15) is 11.5 Å². The Balaban J connectivity index is 2.00. The fraction of sp³-hybridized carbons (Fsp3) is 0.182. The molecule has 0 saturated carbocycles. The van der Waals surface area contributed by atoms with Gasteiger partial charge in [-0.05, 0) is 50.6 Å². The van der Waals surface area contributed by atoms with Gasteiger partial charge >= 0.3 is 0 Å². The predicted octanol–water partition coefficient (Wildman–Crippen LogP) is 5.06. The number of halogens is 2. The number of fused-ring (bicyclic) bond motifs is 1. The van der Waals surface area contributed by atoms with Gasteiger partial charge < -0.3 is 0 Å². The highest BCUT2D eigenvalue weighted by Gasteiger charge is 2.18. The standard InChI is InChI=1S/C22H19BrFN3O/c1-13-4-8-18(9-5-13)27-22-21(15(3)25-27)14(2)10-20(28)26(22)12-16-6-7-17(23)11-19(16)24/h4-11H,12H2,1-3H3. The number of benzene rings is 2. The zero-order valence-electron chi connectivity index (χ0n) is 15.8. The van der Waals surface area contributed by atoms with Crippen molar-refractivity contribution in [3.8, 4) is 5.69 Å². The average molecular weight is 440 g/mol. The minimum atomic E-state index is -0.354. The fourth-order valence-electron chi connectivity index (χ4n) is 3.50. The number of hydrogen-bond donors (Lipinski definition) is 0. The topological polar surface area (TPSA) is 39.8 Å². The molecule has 0 atom stereocenters. The summed E-state index contributed by atoms with van der Waals surface area (Å²) in [6.45, 7) is 5.98. The van der Waals surface area contributed by atoms with Crippen molar-refractivity contribution >= 4 is 27.0 Å². The quantitative estimate of drug-likeness (QED) is 0.447. The summed E-state index contributed by atoms with van der Waals surface area (Å²) in [5, 5.41) is 5.60. The molecule has 0 fully saturated rings. The van der Waals surface area contributed by atoms with Gasteiger partial charge in [0, 0.05) is 21.5 Å². The first-order valence-corrected chi connectivity index (χ1v) is 9.75. The minimum Gasteiger partial charge on any atom is -0.288 e. The van der Waals surface area contributed by atoms with E-state index in [1.807, 2.05) is 45.0 Å². The maximum absolute atomic E-state index is 14.5. The molecule has 4 nitrogen and oxygen atoms in total. The number of nitrogens with zero attached hydrogens (tertiary/aromatic N) is 3. The van der Waals surface area contributed by atoms with Crippen LogP contribution < -0.4 is 5.56 Å². The second-order valence-electron chi connectivity index (χ2n) is 7.02. The molecular formula is C22H19BrFN3O. The number of hydrogen-bond acceptors (Lipinski definition) is 2. The molecule has 0 spiro atoms. The molecule has 6 heteroatoms. The molecule has 2 aromatic carbocycles. The lowest BCUT2D eigenvalue weighted by Gasteiger charge is -2.13. The summed E-state index contributed by atoms with van der Waals surface area (Å²) in [5.41, 5.74) is 4.64. The molecule has 0 N–H and O–H groups in total. The highest BCUT2D eigenvalue weighted by molar-refractivity contribution is 9.10. The molecule has 0 aliphatic heterocycles. The van der Waals surface area contributed by atoms with Crippen molar-refractivity contribution in [2.45, 2.75) is 27.3 Å². The van der Waals surface area contributed by atoms with Gasteiger partial charge in [0.05, 0.1) is 17.9 Å². The van der Waals surface area contributed by atoms with Crippen molar-refractivity contribution in [1.29, 1.82) is 0 Å². The van der Waals surface area contributed by atoms with Crippen molar-refractivity contribution < 1.29 is 4.39 Å². The van der Waals surface area contributed by atoms with Gasteiger partial charge in [0.25, 0.3) is 5.56 Å². The lowest BCUT2D eigenvalue weighted by Crippen LogP contribution is -2.23. The molecule has 28 heavy (non-hydrogen) atoms. The van der Waals surface area contributed by atoms with Crippen LogP contribution in [-0.2, 0) is 6.54 Å². The van der Waals surface area contributed by atoms with E-state index in [9.17, 15) is 9.18 Å². The molecule has 2 aromatic heterocycles. The largest absolute Gasteiger partial charge is 0.288 e. The number of pyridine rings is 1. The van der Waals surface area contributed by atoms with Gasteiger partial charge in [-0.15, -0.1) is 0 Å². The Morgan fingerprint density at radius 3 is 2.43 bits per heavy atom. The van der Waals surface area contributed by atoms with E-state index in [2.05, 4.69) is 21.0 Å². The smallest absolute Gasteiger partial charge is 0.252 e. The van der Waals surface area contributed by atoms with E-state index < -0.39 is 0 Å². The average Bonchev–Trinajstić information content (AvgIpc) is 2.98. The van der Waals surface area contributed by atoms with E-state index >= 15 is 0 Å². The third-order valence-corrected chi connectivity index (χ3v) is 5.41. The van der Waals surface area contributed by atoms with Crippen molar-refractivity contribution in [2.24, 2.45) is 0 Å². The van der Waals surface area contributed by atoms with Gasteiger partial charge in [-0.1, -0.05) is 39.7 Å². The Morgan fingerprint density at radius 2 is 1.75 bits per heavy atom. The lowest BCUT2D eigenvalue weighted by atomic mass is 10.1. The molecule has 0 radical (unpaired) electrons. The first-order chi connectivity index (χ1) is 13.3. The maximum atomic E-state index is 14.5. The van der Waals surface area contributed by atoms with Crippen LogP contribution in [0.3, 0.4) is 0 Å². The van der Waals surface area contributed by atoms with Crippen LogP contribution >= 0.6 is 15.9 Å². The summed E-state index contributed by atoms with van der Waals surface area (Å²) in [4.78, 5) is 12.9. The van der Waals surface area contributed by atoms with Crippen LogP contribution in [0.5, 0.6) is 0 Å². The molecule has 0 aliphatic rings. The minimum absolute atomic E-state index is 0.131. The summed E-state index contributed by atoms with van der Waals surface area (Å²) in [6, 6.07) is 14.4. The Hall–Kier alpha value is -2.73. The summed E-state index contributed by atoms with van der Waals surface area (Å²) >= 11 is 3.27. The highest BCUT2D eigenvalue weighted by atomic mass is 79.9. The van der Waals surface area contributed by atoms with Crippen LogP contribution in [-0.4, -0.2) is 14.3 Å². The Bertz CT molecular complexity index is 1260. The second-order valence-corrected chi connectivity index (χ2v) is 7.93. The maximum Gasteiger partial charge on any atom is 0.252 e. The third kappa shape index (κ3) is 3.18. The van der Waals surface area contributed by atoms with E-state index in [0.717, 1.165) is 27.9 Å². The fourth-order valence-corrected chi connectivity index (χ4v) is 3.84. The Morgan fingerprint density at radius 1 is 1.04 bits per heavy atom. The second kappa shape index (κ2) is 7.02. The van der Waals surface area contributed by atoms with Crippen LogP contribution in [0, 0.1) is 26.6 Å². The zero-order valence-corrected chi connectivity index (χ0v) is 17.4. The molecular weight excluding hydrogens is 421 g/mol. The molecule has 0 bridgehead atoms. The molecule has 0 saturated heterocycles. The Kier molecular flexibility index (Phi) is 4.67. The summed E-state index contributed by atoms with van der Waals surface area (Å²) in [7, 11) is 0. The normalized spacial score (nSPS) is 11.3. The van der Waals surface area contributed by atoms with Gasteiger partial charge in [-0.25, -0.2) is 9.07 Å². The summed E-state index contributed by atoms with van der Waals surface area (Å²) in [6.07, 6.45) is 0. The first kappa shape index (κ1) is 18.6. The van der Waals surface area contributed by atoms with Crippen molar-refractivity contribution in [1.82, 2.24) is 14.3 Å². The van der Waals surface area contributed by atoms with Gasteiger partial charge in [-0.2, -0.15) is 5.10 Å². The highest BCUT2D eigenvalue weighted by Crippen LogP contribution is 2.25. The van der Waals surface area contributed by atoms with Crippen LogP contribution in [0.15, 0.2) is 57.8 Å². The number of rotatable bonds is 3. The van der Waals surface area contributed by atoms with Gasteiger partial charge in [0.2, 0.25) is 0 Å². The van der Waals surface area contributed by atoms with E-state index in [1.165, 1.54) is 6.07 Å². The first-order valence-electron chi connectivity index (χ1n) is 8.96. The molecule has 2 heterocycles.